The number of anilines is 1. The van der Waals surface area contributed by atoms with Crippen molar-refractivity contribution in [1.29, 1.82) is 0 Å². The largest absolute Gasteiger partial charge is 0.457 e. The molecule has 0 spiro atoms. The standard InChI is InChI=1S/C19H18ClNO4S/c1-11-4-3-5-14(12(11)2)21-9-13(8-18(21)23)19(24)25-10-15(22)16-6-7-17(20)26-16/h3-7,13H,8-10H2,1-2H3/t13-/m1/s1. The summed E-state index contributed by atoms with van der Waals surface area (Å²) in [6.07, 6.45) is 0.0885. The average molecular weight is 392 g/mol. The van der Waals surface area contributed by atoms with E-state index in [-0.39, 0.29) is 31.3 Å². The minimum atomic E-state index is -0.567. The summed E-state index contributed by atoms with van der Waals surface area (Å²) in [6.45, 7) is 3.85. The Morgan fingerprint density at radius 2 is 2.04 bits per heavy atom. The Morgan fingerprint density at radius 1 is 1.27 bits per heavy atom. The van der Waals surface area contributed by atoms with Gasteiger partial charge in [-0.3, -0.25) is 14.4 Å². The fourth-order valence-electron chi connectivity index (χ4n) is 2.92. The number of Topliss-reactive ketones (excluding diaryl/α,β-unsaturated/α-hetero) is 1. The number of carbonyl (C=O) groups excluding carboxylic acids is 3. The Labute approximate surface area is 160 Å². The van der Waals surface area contributed by atoms with Crippen LogP contribution in [0.3, 0.4) is 0 Å². The second kappa shape index (κ2) is 7.60. The number of benzene rings is 1. The molecule has 3 rings (SSSR count). The minimum Gasteiger partial charge on any atom is -0.457 e. The predicted molar refractivity (Wildman–Crippen MR) is 101 cm³/mol. The van der Waals surface area contributed by atoms with Gasteiger partial charge < -0.3 is 9.64 Å². The zero-order chi connectivity index (χ0) is 18.8. The summed E-state index contributed by atoms with van der Waals surface area (Å²) in [6, 6.07) is 8.97. The smallest absolute Gasteiger partial charge is 0.311 e. The molecule has 1 fully saturated rings. The Morgan fingerprint density at radius 3 is 2.73 bits per heavy atom. The molecule has 1 atom stereocenters. The molecule has 1 amide bonds. The van der Waals surface area contributed by atoms with Gasteiger partial charge in [0.25, 0.3) is 0 Å². The molecular formula is C19H18ClNO4S. The molecular weight excluding hydrogens is 374 g/mol. The number of esters is 1. The molecule has 2 aromatic rings. The zero-order valence-electron chi connectivity index (χ0n) is 14.5. The highest BCUT2D eigenvalue weighted by molar-refractivity contribution is 7.18. The van der Waals surface area contributed by atoms with Crippen LogP contribution in [0.1, 0.15) is 27.2 Å². The zero-order valence-corrected chi connectivity index (χ0v) is 16.0. The third-order valence-electron chi connectivity index (χ3n) is 4.52. The highest BCUT2D eigenvalue weighted by Crippen LogP contribution is 2.30. The maximum Gasteiger partial charge on any atom is 0.311 e. The summed E-state index contributed by atoms with van der Waals surface area (Å²) in [7, 11) is 0. The molecule has 0 saturated carbocycles. The first-order valence-electron chi connectivity index (χ1n) is 8.18. The van der Waals surface area contributed by atoms with E-state index in [9.17, 15) is 14.4 Å². The van der Waals surface area contributed by atoms with Gasteiger partial charge >= 0.3 is 5.97 Å². The number of amides is 1. The van der Waals surface area contributed by atoms with Crippen LogP contribution in [0, 0.1) is 19.8 Å². The van der Waals surface area contributed by atoms with Gasteiger partial charge in [-0.2, -0.15) is 0 Å². The lowest BCUT2D eigenvalue weighted by Gasteiger charge is -2.20. The number of carbonyl (C=O) groups is 3. The van der Waals surface area contributed by atoms with E-state index in [4.69, 9.17) is 16.3 Å². The molecule has 1 aliphatic heterocycles. The van der Waals surface area contributed by atoms with Gasteiger partial charge in [0.15, 0.2) is 6.61 Å². The molecule has 0 bridgehead atoms. The molecule has 1 aromatic carbocycles. The van der Waals surface area contributed by atoms with Crippen LogP contribution in [0.4, 0.5) is 5.69 Å². The monoisotopic (exact) mass is 391 g/mol. The Balaban J connectivity index is 1.62. The molecule has 0 aliphatic carbocycles. The van der Waals surface area contributed by atoms with Gasteiger partial charge in [0, 0.05) is 18.7 Å². The first-order chi connectivity index (χ1) is 12.4. The minimum absolute atomic E-state index is 0.0885. The SMILES string of the molecule is Cc1cccc(N2C[C@H](C(=O)OCC(=O)c3ccc(Cl)s3)CC2=O)c1C. The van der Waals surface area contributed by atoms with E-state index in [1.807, 2.05) is 32.0 Å². The summed E-state index contributed by atoms with van der Waals surface area (Å²) in [5.41, 5.74) is 2.91. The van der Waals surface area contributed by atoms with Crippen molar-refractivity contribution in [3.63, 3.8) is 0 Å². The molecule has 136 valence electrons. The lowest BCUT2D eigenvalue weighted by molar-refractivity contribution is -0.147. The third-order valence-corrected chi connectivity index (χ3v) is 5.79. The van der Waals surface area contributed by atoms with Crippen molar-refractivity contribution in [1.82, 2.24) is 0 Å². The van der Waals surface area contributed by atoms with Crippen molar-refractivity contribution >= 4 is 46.3 Å². The molecule has 0 radical (unpaired) electrons. The van der Waals surface area contributed by atoms with Crippen LogP contribution >= 0.6 is 22.9 Å². The van der Waals surface area contributed by atoms with Crippen LogP contribution in [-0.2, 0) is 14.3 Å². The molecule has 0 unspecified atom stereocenters. The fraction of sp³-hybridized carbons (Fsp3) is 0.316. The molecule has 5 nitrogen and oxygen atoms in total. The lowest BCUT2D eigenvalue weighted by Crippen LogP contribution is -2.27. The van der Waals surface area contributed by atoms with Gasteiger partial charge in [-0.1, -0.05) is 23.7 Å². The Bertz CT molecular complexity index is 876. The summed E-state index contributed by atoms with van der Waals surface area (Å²) in [4.78, 5) is 38.7. The highest BCUT2D eigenvalue weighted by atomic mass is 35.5. The Hall–Kier alpha value is -2.18. The van der Waals surface area contributed by atoms with Crippen LogP contribution in [0.5, 0.6) is 0 Å². The number of hydrogen-bond acceptors (Lipinski definition) is 5. The normalized spacial score (nSPS) is 16.8. The summed E-state index contributed by atoms with van der Waals surface area (Å²) in [5.74, 6) is -1.51. The molecule has 26 heavy (non-hydrogen) atoms. The number of halogens is 1. The topological polar surface area (TPSA) is 63.7 Å². The second-order valence-electron chi connectivity index (χ2n) is 6.26. The number of ketones is 1. The molecule has 7 heteroatoms. The van der Waals surface area contributed by atoms with E-state index in [2.05, 4.69) is 0 Å². The third kappa shape index (κ3) is 3.81. The van der Waals surface area contributed by atoms with Crippen LogP contribution in [0.25, 0.3) is 0 Å². The van der Waals surface area contributed by atoms with Gasteiger partial charge in [-0.05, 0) is 43.2 Å². The van der Waals surface area contributed by atoms with E-state index in [1.165, 1.54) is 0 Å². The molecule has 2 heterocycles. The highest BCUT2D eigenvalue weighted by Gasteiger charge is 2.37. The summed E-state index contributed by atoms with van der Waals surface area (Å²) in [5, 5.41) is 0. The first-order valence-corrected chi connectivity index (χ1v) is 9.38. The summed E-state index contributed by atoms with van der Waals surface area (Å²) >= 11 is 6.94. The number of ether oxygens (including phenoxy) is 1. The van der Waals surface area contributed by atoms with Gasteiger partial charge in [-0.15, -0.1) is 11.3 Å². The van der Waals surface area contributed by atoms with Gasteiger partial charge in [0.2, 0.25) is 11.7 Å². The second-order valence-corrected chi connectivity index (χ2v) is 7.97. The van der Waals surface area contributed by atoms with E-state index in [0.717, 1.165) is 28.2 Å². The number of rotatable bonds is 5. The van der Waals surface area contributed by atoms with Crippen molar-refractivity contribution in [3.05, 3.63) is 50.7 Å². The van der Waals surface area contributed by atoms with Crippen LogP contribution in [0.15, 0.2) is 30.3 Å². The van der Waals surface area contributed by atoms with E-state index in [0.29, 0.717) is 9.21 Å². The first kappa shape index (κ1) is 18.6. The van der Waals surface area contributed by atoms with Crippen LogP contribution in [-0.4, -0.2) is 30.8 Å². The van der Waals surface area contributed by atoms with Gasteiger partial charge in [0.05, 0.1) is 15.1 Å². The van der Waals surface area contributed by atoms with E-state index in [1.54, 1.807) is 17.0 Å². The average Bonchev–Trinajstić information content (AvgIpc) is 3.21. The molecule has 1 saturated heterocycles. The van der Waals surface area contributed by atoms with Crippen molar-refractivity contribution in [3.8, 4) is 0 Å². The van der Waals surface area contributed by atoms with Crippen molar-refractivity contribution in [2.75, 3.05) is 18.1 Å². The number of thiophene rings is 1. The van der Waals surface area contributed by atoms with Crippen molar-refractivity contribution in [2.45, 2.75) is 20.3 Å². The predicted octanol–water partition coefficient (Wildman–Crippen LogP) is 3.80. The van der Waals surface area contributed by atoms with Gasteiger partial charge in [0.1, 0.15) is 0 Å². The number of aryl methyl sites for hydroxylation is 1. The molecule has 0 N–H and O–H groups in total. The van der Waals surface area contributed by atoms with E-state index < -0.39 is 11.9 Å². The van der Waals surface area contributed by atoms with Gasteiger partial charge in [-0.25, -0.2) is 0 Å². The lowest BCUT2D eigenvalue weighted by atomic mass is 10.1. The maximum atomic E-state index is 12.4. The Kier molecular flexibility index (Phi) is 5.44. The number of nitrogens with zero attached hydrogens (tertiary/aromatic N) is 1. The van der Waals surface area contributed by atoms with Crippen LogP contribution in [0.2, 0.25) is 4.34 Å². The maximum absolute atomic E-state index is 12.4. The van der Waals surface area contributed by atoms with Crippen LogP contribution < -0.4 is 4.90 Å². The molecule has 1 aliphatic rings. The number of hydrogen-bond donors (Lipinski definition) is 0. The molecule has 1 aromatic heterocycles. The van der Waals surface area contributed by atoms with E-state index >= 15 is 0 Å². The van der Waals surface area contributed by atoms with Crippen molar-refractivity contribution in [2.24, 2.45) is 5.92 Å². The summed E-state index contributed by atoms with van der Waals surface area (Å²) < 4.78 is 5.64. The fourth-order valence-corrected chi connectivity index (χ4v) is 3.88. The quantitative estimate of drug-likeness (QED) is 0.574. The van der Waals surface area contributed by atoms with Crippen molar-refractivity contribution < 1.29 is 19.1 Å².